The molecule has 37 heavy (non-hydrogen) atoms. The number of hydrogen-bond acceptors (Lipinski definition) is 7. The van der Waals surface area contributed by atoms with Gasteiger partial charge in [0.2, 0.25) is 10.0 Å². The number of rotatable bonds is 7. The van der Waals surface area contributed by atoms with Gasteiger partial charge >= 0.3 is 5.97 Å². The highest BCUT2D eigenvalue weighted by Gasteiger charge is 2.19. The summed E-state index contributed by atoms with van der Waals surface area (Å²) < 4.78 is 51.1. The summed E-state index contributed by atoms with van der Waals surface area (Å²) in [5.74, 6) is -1.83. The van der Waals surface area contributed by atoms with E-state index in [0.29, 0.717) is 23.1 Å². The van der Waals surface area contributed by atoms with E-state index in [2.05, 4.69) is 10.0 Å². The summed E-state index contributed by atoms with van der Waals surface area (Å²) in [5, 5.41) is 19.8. The summed E-state index contributed by atoms with van der Waals surface area (Å²) in [4.78, 5) is 24.8. The van der Waals surface area contributed by atoms with E-state index in [1.807, 2.05) is 0 Å². The SMILES string of the molecule is CS(=O)(=O)Nc1ccc(-c2ccccc2C(=O)Nc2ccc(C(=N)N)cc2)c(C(=O)O)c1.CS(=O)(=O)O. The second-order valence-electron chi connectivity index (χ2n) is 7.66. The van der Waals surface area contributed by atoms with Crippen LogP contribution in [-0.2, 0) is 20.1 Å². The maximum absolute atomic E-state index is 12.9. The lowest BCUT2D eigenvalue weighted by atomic mass is 9.94. The minimum absolute atomic E-state index is 0.0942. The third kappa shape index (κ3) is 9.36. The fourth-order valence-electron chi connectivity index (χ4n) is 3.08. The number of hydrogen-bond donors (Lipinski definition) is 6. The average Bonchev–Trinajstić information content (AvgIpc) is 2.77. The Hall–Kier alpha value is -4.27. The number of carbonyl (C=O) groups excluding carboxylic acids is 1. The van der Waals surface area contributed by atoms with E-state index >= 15 is 0 Å². The van der Waals surface area contributed by atoms with Gasteiger partial charge in [-0.25, -0.2) is 13.2 Å². The molecule has 0 unspecified atom stereocenters. The number of carboxylic acids is 1. The van der Waals surface area contributed by atoms with E-state index in [-0.39, 0.29) is 28.2 Å². The fourth-order valence-corrected chi connectivity index (χ4v) is 3.64. The molecule has 0 heterocycles. The van der Waals surface area contributed by atoms with Crippen LogP contribution in [0.3, 0.4) is 0 Å². The van der Waals surface area contributed by atoms with Gasteiger partial charge in [0.15, 0.2) is 0 Å². The van der Waals surface area contributed by atoms with E-state index in [0.717, 1.165) is 6.26 Å². The van der Waals surface area contributed by atoms with Gasteiger partial charge in [-0.1, -0.05) is 24.3 Å². The molecular weight excluding hydrogens is 524 g/mol. The zero-order valence-corrected chi connectivity index (χ0v) is 21.2. The minimum atomic E-state index is -3.67. The van der Waals surface area contributed by atoms with Gasteiger partial charge in [0.25, 0.3) is 16.0 Å². The number of anilines is 2. The van der Waals surface area contributed by atoms with E-state index in [4.69, 9.17) is 15.7 Å². The summed E-state index contributed by atoms with van der Waals surface area (Å²) in [6.07, 6.45) is 1.68. The molecule has 1 amide bonds. The van der Waals surface area contributed by atoms with Crippen molar-refractivity contribution in [1.82, 2.24) is 0 Å². The number of amidine groups is 1. The van der Waals surface area contributed by atoms with Crippen LogP contribution in [0, 0.1) is 5.41 Å². The van der Waals surface area contributed by atoms with Crippen molar-refractivity contribution in [2.75, 3.05) is 22.6 Å². The second kappa shape index (κ2) is 11.6. The van der Waals surface area contributed by atoms with Crippen LogP contribution in [0.15, 0.2) is 66.7 Å². The summed E-state index contributed by atoms with van der Waals surface area (Å²) in [5.41, 5.74) is 7.21. The first kappa shape index (κ1) is 29.0. The monoisotopic (exact) mass is 548 g/mol. The van der Waals surface area contributed by atoms with Crippen molar-refractivity contribution < 1.29 is 36.1 Å². The van der Waals surface area contributed by atoms with Crippen LogP contribution < -0.4 is 15.8 Å². The molecule has 0 aliphatic carbocycles. The zero-order chi connectivity index (χ0) is 28.0. The van der Waals surface area contributed by atoms with Crippen LogP contribution in [0.4, 0.5) is 11.4 Å². The number of nitrogens with two attached hydrogens (primary N) is 1. The predicted octanol–water partition coefficient (Wildman–Crippen LogP) is 2.46. The van der Waals surface area contributed by atoms with Crippen molar-refractivity contribution in [3.8, 4) is 11.1 Å². The van der Waals surface area contributed by atoms with Crippen molar-refractivity contribution in [3.05, 3.63) is 83.4 Å². The molecule has 0 radical (unpaired) electrons. The van der Waals surface area contributed by atoms with Gasteiger partial charge in [-0.05, 0) is 53.6 Å². The Morgan fingerprint density at radius 1 is 0.838 bits per heavy atom. The van der Waals surface area contributed by atoms with E-state index in [1.54, 1.807) is 48.5 Å². The van der Waals surface area contributed by atoms with Crippen LogP contribution in [-0.4, -0.2) is 56.7 Å². The molecule has 0 atom stereocenters. The molecule has 196 valence electrons. The van der Waals surface area contributed by atoms with Crippen LogP contribution >= 0.6 is 0 Å². The Kier molecular flexibility index (Phi) is 9.11. The lowest BCUT2D eigenvalue weighted by Crippen LogP contribution is -2.15. The molecule has 0 bridgehead atoms. The smallest absolute Gasteiger partial charge is 0.336 e. The van der Waals surface area contributed by atoms with Crippen LogP contribution in [0.2, 0.25) is 0 Å². The number of nitrogen functional groups attached to an aromatic ring is 1. The van der Waals surface area contributed by atoms with Gasteiger partial charge in [0.05, 0.1) is 18.1 Å². The zero-order valence-electron chi connectivity index (χ0n) is 19.6. The Morgan fingerprint density at radius 2 is 1.35 bits per heavy atom. The summed E-state index contributed by atoms with van der Waals surface area (Å²) >= 11 is 0. The maximum Gasteiger partial charge on any atom is 0.336 e. The fraction of sp³-hybridized carbons (Fsp3) is 0.0870. The third-order valence-electron chi connectivity index (χ3n) is 4.47. The van der Waals surface area contributed by atoms with E-state index < -0.39 is 32.0 Å². The van der Waals surface area contributed by atoms with Gasteiger partial charge in [-0.2, -0.15) is 8.42 Å². The van der Waals surface area contributed by atoms with Crippen LogP contribution in [0.25, 0.3) is 11.1 Å². The molecule has 0 fully saturated rings. The number of amides is 1. The second-order valence-corrected chi connectivity index (χ2v) is 10.9. The number of nitrogens with one attached hydrogen (secondary N) is 3. The van der Waals surface area contributed by atoms with E-state index in [9.17, 15) is 31.5 Å². The first-order valence-electron chi connectivity index (χ1n) is 10.2. The molecule has 0 aliphatic rings. The molecule has 12 nitrogen and oxygen atoms in total. The standard InChI is InChI=1S/C22H20N4O5S.CH4O3S/c1-32(30,31)26-15-10-11-17(19(12-15)22(28)29)16-4-2-3-5-18(16)21(27)25-14-8-6-13(7-9-14)20(23)24;1-5(2,3)4/h2-12,26H,1H3,(H3,23,24)(H,25,27)(H,28,29);1H3,(H,2,3,4). The van der Waals surface area contributed by atoms with Crippen molar-refractivity contribution in [2.45, 2.75) is 0 Å². The highest BCUT2D eigenvalue weighted by Crippen LogP contribution is 2.30. The summed E-state index contributed by atoms with van der Waals surface area (Å²) in [6.45, 7) is 0. The van der Waals surface area contributed by atoms with E-state index in [1.165, 1.54) is 18.2 Å². The Bertz CT molecular complexity index is 1540. The number of sulfonamides is 1. The van der Waals surface area contributed by atoms with Crippen molar-refractivity contribution in [2.24, 2.45) is 5.73 Å². The van der Waals surface area contributed by atoms with Gasteiger partial charge in [0.1, 0.15) is 5.84 Å². The Morgan fingerprint density at radius 3 is 1.86 bits per heavy atom. The highest BCUT2D eigenvalue weighted by atomic mass is 32.2. The predicted molar refractivity (Wildman–Crippen MR) is 140 cm³/mol. The van der Waals surface area contributed by atoms with Gasteiger partial charge in [-0.3, -0.25) is 19.5 Å². The van der Waals surface area contributed by atoms with Crippen LogP contribution in [0.1, 0.15) is 26.3 Å². The molecule has 0 saturated heterocycles. The molecule has 0 aromatic heterocycles. The first-order valence-corrected chi connectivity index (χ1v) is 13.9. The average molecular weight is 549 g/mol. The molecule has 3 aromatic rings. The highest BCUT2D eigenvalue weighted by molar-refractivity contribution is 7.92. The van der Waals surface area contributed by atoms with Gasteiger partial charge < -0.3 is 16.2 Å². The molecule has 3 rings (SSSR count). The number of carbonyl (C=O) groups is 2. The molecule has 14 heteroatoms. The lowest BCUT2D eigenvalue weighted by molar-refractivity contribution is 0.0697. The summed E-state index contributed by atoms with van der Waals surface area (Å²) in [7, 11) is -7.26. The quantitative estimate of drug-likeness (QED) is 0.145. The Balaban J connectivity index is 0.000000877. The normalized spacial score (nSPS) is 11.0. The summed E-state index contributed by atoms with van der Waals surface area (Å²) in [6, 6.07) is 17.0. The molecule has 7 N–H and O–H groups in total. The lowest BCUT2D eigenvalue weighted by Gasteiger charge is -2.14. The molecule has 0 spiro atoms. The number of aromatic carboxylic acids is 1. The maximum atomic E-state index is 12.9. The van der Waals surface area contributed by atoms with Crippen LogP contribution in [0.5, 0.6) is 0 Å². The molecule has 0 saturated carbocycles. The van der Waals surface area contributed by atoms with Crippen molar-refractivity contribution >= 4 is 49.2 Å². The minimum Gasteiger partial charge on any atom is -0.478 e. The van der Waals surface area contributed by atoms with Gasteiger partial charge in [0, 0.05) is 22.5 Å². The third-order valence-corrected chi connectivity index (χ3v) is 5.08. The molecule has 3 aromatic carbocycles. The first-order chi connectivity index (χ1) is 17.0. The van der Waals surface area contributed by atoms with Crippen molar-refractivity contribution in [3.63, 3.8) is 0 Å². The molecule has 0 aliphatic heterocycles. The van der Waals surface area contributed by atoms with Gasteiger partial charge in [-0.15, -0.1) is 0 Å². The largest absolute Gasteiger partial charge is 0.478 e. The topological polar surface area (TPSA) is 217 Å². The van der Waals surface area contributed by atoms with Crippen molar-refractivity contribution in [1.29, 1.82) is 5.41 Å². The Labute approximate surface area is 213 Å². The number of carboxylic acid groups (broad SMARTS) is 1. The molecular formula is C23H24N4O8S2. The number of benzene rings is 3.